The van der Waals surface area contributed by atoms with Crippen molar-refractivity contribution in [2.24, 2.45) is 0 Å². The van der Waals surface area contributed by atoms with Crippen molar-refractivity contribution in [3.63, 3.8) is 0 Å². The Morgan fingerprint density at radius 1 is 0.680 bits per heavy atom. The largest absolute Gasteiger partial charge is 0.382 e. The van der Waals surface area contributed by atoms with E-state index in [9.17, 15) is 0 Å². The molecule has 0 N–H and O–H groups in total. The molecule has 1 unspecified atom stereocenters. The van der Waals surface area contributed by atoms with Gasteiger partial charge in [-0.2, -0.15) is 0 Å². The highest BCUT2D eigenvalue weighted by Gasteiger charge is 2.33. The predicted octanol–water partition coefficient (Wildman–Crippen LogP) is 8.28. The van der Waals surface area contributed by atoms with Gasteiger partial charge in [0.05, 0.1) is 8.07 Å². The summed E-state index contributed by atoms with van der Waals surface area (Å²) >= 11 is 0. The fraction of sp³-hybridized carbons (Fsp3) is 1.00. The number of rotatable bonds is 16. The fourth-order valence-corrected chi connectivity index (χ4v) is 7.33. The van der Waals surface area contributed by atoms with Crippen LogP contribution in [0.5, 0.6) is 0 Å². The molecule has 0 bridgehead atoms. The first-order valence-electron chi connectivity index (χ1n) is 11.8. The molecule has 0 aromatic carbocycles. The molecule has 150 valence electrons. The Morgan fingerprint density at radius 3 is 1.60 bits per heavy atom. The van der Waals surface area contributed by atoms with E-state index >= 15 is 0 Å². The van der Waals surface area contributed by atoms with Crippen LogP contribution in [0.2, 0.25) is 19.1 Å². The third-order valence-corrected chi connectivity index (χ3v) is 10.1. The summed E-state index contributed by atoms with van der Waals surface area (Å²) in [5.41, 5.74) is 0.656. The standard InChI is InChI=1S/C23H48OSi/c1-4-5-6-7-8-9-10-11-12-13-14-15-16-19-22-25(2,3)23-20-17-18-21-24-23/h23H,4-22H2,1-3H3. The van der Waals surface area contributed by atoms with Gasteiger partial charge < -0.3 is 4.74 Å². The van der Waals surface area contributed by atoms with Crippen LogP contribution < -0.4 is 0 Å². The lowest BCUT2D eigenvalue weighted by Crippen LogP contribution is -2.45. The van der Waals surface area contributed by atoms with E-state index < -0.39 is 8.07 Å². The van der Waals surface area contributed by atoms with Crippen molar-refractivity contribution in [2.75, 3.05) is 6.61 Å². The van der Waals surface area contributed by atoms with Gasteiger partial charge in [-0.25, -0.2) is 0 Å². The smallest absolute Gasteiger partial charge is 0.0815 e. The second-order valence-corrected chi connectivity index (χ2v) is 14.3. The van der Waals surface area contributed by atoms with Gasteiger partial charge in [-0.15, -0.1) is 0 Å². The van der Waals surface area contributed by atoms with Crippen molar-refractivity contribution in [3.8, 4) is 0 Å². The zero-order valence-corrected chi connectivity index (χ0v) is 18.9. The van der Waals surface area contributed by atoms with Crippen molar-refractivity contribution in [2.45, 2.75) is 141 Å². The van der Waals surface area contributed by atoms with Gasteiger partial charge in [0.2, 0.25) is 0 Å². The van der Waals surface area contributed by atoms with E-state index in [2.05, 4.69) is 20.0 Å². The highest BCUT2D eigenvalue weighted by atomic mass is 28.3. The number of unbranched alkanes of at least 4 members (excludes halogenated alkanes) is 13. The lowest BCUT2D eigenvalue weighted by Gasteiger charge is -2.35. The molecule has 2 heteroatoms. The van der Waals surface area contributed by atoms with E-state index in [0.717, 1.165) is 6.61 Å². The van der Waals surface area contributed by atoms with Gasteiger partial charge in [0.1, 0.15) is 0 Å². The first-order chi connectivity index (χ1) is 12.2. The molecule has 1 aliphatic rings. The van der Waals surface area contributed by atoms with Crippen molar-refractivity contribution < 1.29 is 4.74 Å². The van der Waals surface area contributed by atoms with Gasteiger partial charge >= 0.3 is 0 Å². The van der Waals surface area contributed by atoms with Crippen LogP contribution in [0.1, 0.15) is 116 Å². The molecule has 0 aliphatic carbocycles. The Hall–Kier alpha value is 0.177. The predicted molar refractivity (Wildman–Crippen MR) is 116 cm³/mol. The van der Waals surface area contributed by atoms with Crippen LogP contribution in [0.4, 0.5) is 0 Å². The summed E-state index contributed by atoms with van der Waals surface area (Å²) in [6, 6.07) is 1.48. The third kappa shape index (κ3) is 12.2. The number of hydrogen-bond donors (Lipinski definition) is 0. The van der Waals surface area contributed by atoms with Crippen LogP contribution in [-0.4, -0.2) is 20.4 Å². The number of hydrogen-bond acceptors (Lipinski definition) is 1. The van der Waals surface area contributed by atoms with Crippen LogP contribution in [0, 0.1) is 0 Å². The Bertz CT molecular complexity index is 284. The molecule has 1 nitrogen and oxygen atoms in total. The van der Waals surface area contributed by atoms with Crippen LogP contribution in [0.3, 0.4) is 0 Å². The normalized spacial score (nSPS) is 18.6. The Labute approximate surface area is 160 Å². The summed E-state index contributed by atoms with van der Waals surface area (Å²) in [4.78, 5) is 0. The van der Waals surface area contributed by atoms with E-state index in [1.54, 1.807) is 0 Å². The van der Waals surface area contributed by atoms with Gasteiger partial charge in [0, 0.05) is 12.3 Å². The summed E-state index contributed by atoms with van der Waals surface area (Å²) in [7, 11) is -1.13. The van der Waals surface area contributed by atoms with E-state index in [0.29, 0.717) is 5.73 Å². The summed E-state index contributed by atoms with van der Waals surface area (Å²) in [5.74, 6) is 0. The average Bonchev–Trinajstić information content (AvgIpc) is 2.63. The fourth-order valence-electron chi connectivity index (χ4n) is 4.29. The number of ether oxygens (including phenoxy) is 1. The molecule has 0 saturated carbocycles. The summed E-state index contributed by atoms with van der Waals surface area (Å²) < 4.78 is 6.07. The van der Waals surface area contributed by atoms with E-state index in [1.165, 1.54) is 115 Å². The van der Waals surface area contributed by atoms with Crippen LogP contribution in [-0.2, 0) is 4.74 Å². The van der Waals surface area contributed by atoms with E-state index in [4.69, 9.17) is 4.74 Å². The molecule has 1 saturated heterocycles. The zero-order valence-electron chi connectivity index (χ0n) is 17.9. The molecule has 1 fully saturated rings. The molecule has 0 amide bonds. The molecule has 1 atom stereocenters. The molecule has 1 rings (SSSR count). The Morgan fingerprint density at radius 2 is 1.16 bits per heavy atom. The quantitative estimate of drug-likeness (QED) is 0.197. The molecule has 0 spiro atoms. The molecular formula is C23H48OSi. The molecule has 25 heavy (non-hydrogen) atoms. The van der Waals surface area contributed by atoms with Gasteiger partial charge in [-0.1, -0.05) is 116 Å². The molecule has 0 aromatic rings. The second kappa shape index (κ2) is 15.3. The minimum atomic E-state index is -1.13. The van der Waals surface area contributed by atoms with Crippen molar-refractivity contribution in [1.82, 2.24) is 0 Å². The second-order valence-electron chi connectivity index (χ2n) is 9.19. The van der Waals surface area contributed by atoms with E-state index in [-0.39, 0.29) is 0 Å². The third-order valence-electron chi connectivity index (χ3n) is 6.23. The molecule has 0 radical (unpaired) electrons. The monoisotopic (exact) mass is 368 g/mol. The highest BCUT2D eigenvalue weighted by molar-refractivity contribution is 6.78. The van der Waals surface area contributed by atoms with Gasteiger partial charge in [0.15, 0.2) is 0 Å². The van der Waals surface area contributed by atoms with Crippen molar-refractivity contribution in [1.29, 1.82) is 0 Å². The topological polar surface area (TPSA) is 9.23 Å². The van der Waals surface area contributed by atoms with Crippen molar-refractivity contribution >= 4 is 8.07 Å². The zero-order chi connectivity index (χ0) is 18.2. The Kier molecular flexibility index (Phi) is 14.2. The van der Waals surface area contributed by atoms with Gasteiger partial charge in [-0.3, -0.25) is 0 Å². The molecule has 0 aromatic heterocycles. The maximum absolute atomic E-state index is 6.07. The summed E-state index contributed by atoms with van der Waals surface area (Å²) in [6.07, 6.45) is 24.5. The van der Waals surface area contributed by atoms with Crippen LogP contribution in [0.25, 0.3) is 0 Å². The highest BCUT2D eigenvalue weighted by Crippen LogP contribution is 2.27. The SMILES string of the molecule is CCCCCCCCCCCCCCCC[Si](C)(C)C1CCCCO1. The Balaban J connectivity index is 1.82. The average molecular weight is 369 g/mol. The minimum absolute atomic E-state index is 0.656. The first kappa shape index (κ1) is 23.2. The lowest BCUT2D eigenvalue weighted by atomic mass is 10.0. The van der Waals surface area contributed by atoms with Crippen LogP contribution in [0.15, 0.2) is 0 Å². The first-order valence-corrected chi connectivity index (χ1v) is 15.1. The molecule has 1 aliphatic heterocycles. The van der Waals surface area contributed by atoms with Gasteiger partial charge in [-0.05, 0) is 19.3 Å². The summed E-state index contributed by atoms with van der Waals surface area (Å²) in [6.45, 7) is 8.45. The maximum Gasteiger partial charge on any atom is 0.0815 e. The lowest BCUT2D eigenvalue weighted by molar-refractivity contribution is 0.0597. The molecular weight excluding hydrogens is 320 g/mol. The summed E-state index contributed by atoms with van der Waals surface area (Å²) in [5, 5.41) is 0. The molecule has 1 heterocycles. The van der Waals surface area contributed by atoms with Crippen molar-refractivity contribution in [3.05, 3.63) is 0 Å². The van der Waals surface area contributed by atoms with E-state index in [1.807, 2.05) is 0 Å². The van der Waals surface area contributed by atoms with Crippen LogP contribution >= 0.6 is 0 Å². The minimum Gasteiger partial charge on any atom is -0.382 e. The van der Waals surface area contributed by atoms with Gasteiger partial charge in [0.25, 0.3) is 0 Å². The maximum atomic E-state index is 6.07.